The fourth-order valence-electron chi connectivity index (χ4n) is 2.65. The molecule has 1 aliphatic rings. The lowest BCUT2D eigenvalue weighted by Crippen LogP contribution is -2.24. The van der Waals surface area contributed by atoms with E-state index < -0.39 is 0 Å². The first-order valence-electron chi connectivity index (χ1n) is 7.09. The lowest BCUT2D eigenvalue weighted by molar-refractivity contribution is 0.199. The van der Waals surface area contributed by atoms with Gasteiger partial charge in [0.2, 0.25) is 0 Å². The summed E-state index contributed by atoms with van der Waals surface area (Å²) in [5, 5.41) is 0. The molecule has 0 amide bonds. The van der Waals surface area contributed by atoms with E-state index in [0.29, 0.717) is 5.69 Å². The van der Waals surface area contributed by atoms with Gasteiger partial charge in [-0.25, -0.2) is 0 Å². The molecule has 0 aromatic heterocycles. The third-order valence-electron chi connectivity index (χ3n) is 3.69. The van der Waals surface area contributed by atoms with E-state index in [4.69, 9.17) is 10.5 Å². The Balaban J connectivity index is 1.56. The van der Waals surface area contributed by atoms with Crippen molar-refractivity contribution in [3.05, 3.63) is 60.2 Å². The molecule has 0 spiro atoms. The van der Waals surface area contributed by atoms with Crippen molar-refractivity contribution in [2.75, 3.05) is 18.8 Å². The van der Waals surface area contributed by atoms with Crippen molar-refractivity contribution < 1.29 is 4.74 Å². The summed E-state index contributed by atoms with van der Waals surface area (Å²) in [5.41, 5.74) is 7.99. The van der Waals surface area contributed by atoms with Crippen molar-refractivity contribution in [2.45, 2.75) is 19.1 Å². The minimum Gasteiger partial charge on any atom is -0.487 e. The lowest BCUT2D eigenvalue weighted by Gasteiger charge is -2.17. The molecule has 1 aliphatic heterocycles. The monoisotopic (exact) mass is 268 g/mol. The van der Waals surface area contributed by atoms with E-state index >= 15 is 0 Å². The van der Waals surface area contributed by atoms with Gasteiger partial charge >= 0.3 is 0 Å². The van der Waals surface area contributed by atoms with E-state index in [-0.39, 0.29) is 6.10 Å². The number of rotatable bonds is 4. The first-order chi connectivity index (χ1) is 9.81. The zero-order valence-electron chi connectivity index (χ0n) is 11.5. The molecule has 2 aromatic carbocycles. The normalized spacial score (nSPS) is 19.1. The number of hydrogen-bond donors (Lipinski definition) is 1. The fourth-order valence-corrected chi connectivity index (χ4v) is 2.65. The molecule has 0 saturated carbocycles. The summed E-state index contributed by atoms with van der Waals surface area (Å²) in [4.78, 5) is 2.43. The lowest BCUT2D eigenvalue weighted by atomic mass is 10.2. The third kappa shape index (κ3) is 3.11. The summed E-state index contributed by atoms with van der Waals surface area (Å²) in [6.45, 7) is 3.03. The van der Waals surface area contributed by atoms with E-state index in [0.717, 1.165) is 31.8 Å². The fraction of sp³-hybridized carbons (Fsp3) is 0.294. The maximum Gasteiger partial charge on any atom is 0.142 e. The molecule has 1 fully saturated rings. The van der Waals surface area contributed by atoms with Crippen LogP contribution in [-0.2, 0) is 6.54 Å². The highest BCUT2D eigenvalue weighted by atomic mass is 16.5. The average Bonchev–Trinajstić information content (AvgIpc) is 2.90. The molecule has 0 bridgehead atoms. The summed E-state index contributed by atoms with van der Waals surface area (Å²) >= 11 is 0. The van der Waals surface area contributed by atoms with Gasteiger partial charge in [0.05, 0.1) is 5.69 Å². The topological polar surface area (TPSA) is 38.5 Å². The standard InChI is InChI=1S/C17H20N2O/c18-16-8-4-5-9-17(16)20-15-10-11-19(13-15)12-14-6-2-1-3-7-14/h1-9,15H,10-13,18H2. The molecule has 2 aromatic rings. The summed E-state index contributed by atoms with van der Waals surface area (Å²) in [6, 6.07) is 18.3. The maximum absolute atomic E-state index is 6.01. The van der Waals surface area contributed by atoms with Crippen LogP contribution in [0.15, 0.2) is 54.6 Å². The summed E-state index contributed by atoms with van der Waals surface area (Å²) in [7, 11) is 0. The number of hydrogen-bond acceptors (Lipinski definition) is 3. The Labute approximate surface area is 120 Å². The summed E-state index contributed by atoms with van der Waals surface area (Å²) in [5.74, 6) is 0.805. The third-order valence-corrected chi connectivity index (χ3v) is 3.69. The van der Waals surface area contributed by atoms with Gasteiger partial charge in [-0.2, -0.15) is 0 Å². The molecule has 3 rings (SSSR count). The maximum atomic E-state index is 6.01. The number of likely N-dealkylation sites (tertiary alicyclic amines) is 1. The van der Waals surface area contributed by atoms with E-state index in [1.54, 1.807) is 0 Å². The summed E-state index contributed by atoms with van der Waals surface area (Å²) in [6.07, 6.45) is 1.30. The van der Waals surface area contributed by atoms with Crippen molar-refractivity contribution in [2.24, 2.45) is 0 Å². The highest BCUT2D eigenvalue weighted by molar-refractivity contribution is 5.51. The van der Waals surface area contributed by atoms with Crippen LogP contribution in [0.4, 0.5) is 5.69 Å². The molecule has 104 valence electrons. The van der Waals surface area contributed by atoms with Crippen LogP contribution >= 0.6 is 0 Å². The highest BCUT2D eigenvalue weighted by Gasteiger charge is 2.24. The van der Waals surface area contributed by atoms with Crippen LogP contribution in [0.1, 0.15) is 12.0 Å². The second kappa shape index (κ2) is 5.97. The molecule has 2 N–H and O–H groups in total. The molecule has 0 radical (unpaired) electrons. The Bertz CT molecular complexity index is 556. The van der Waals surface area contributed by atoms with Gasteiger partial charge in [-0.3, -0.25) is 4.90 Å². The first kappa shape index (κ1) is 13.0. The van der Waals surface area contributed by atoms with Crippen LogP contribution in [0.5, 0.6) is 5.75 Å². The molecular formula is C17H20N2O. The Morgan fingerprint density at radius 1 is 1.05 bits per heavy atom. The number of benzene rings is 2. The highest BCUT2D eigenvalue weighted by Crippen LogP contribution is 2.24. The van der Waals surface area contributed by atoms with Crippen LogP contribution in [0.25, 0.3) is 0 Å². The number of nitrogen functional groups attached to an aromatic ring is 1. The van der Waals surface area contributed by atoms with Crippen LogP contribution < -0.4 is 10.5 Å². The molecule has 1 unspecified atom stereocenters. The Kier molecular flexibility index (Phi) is 3.88. The van der Waals surface area contributed by atoms with Gasteiger partial charge in [0, 0.05) is 19.6 Å². The van der Waals surface area contributed by atoms with Crippen LogP contribution in [-0.4, -0.2) is 24.1 Å². The van der Waals surface area contributed by atoms with E-state index in [9.17, 15) is 0 Å². The molecule has 1 atom stereocenters. The average molecular weight is 268 g/mol. The number of ether oxygens (including phenoxy) is 1. The second-order valence-corrected chi connectivity index (χ2v) is 5.29. The quantitative estimate of drug-likeness (QED) is 0.866. The molecule has 3 nitrogen and oxygen atoms in total. The van der Waals surface area contributed by atoms with E-state index in [1.807, 2.05) is 24.3 Å². The van der Waals surface area contributed by atoms with E-state index in [1.165, 1.54) is 5.56 Å². The Morgan fingerprint density at radius 3 is 2.60 bits per heavy atom. The number of anilines is 1. The van der Waals surface area contributed by atoms with Crippen molar-refractivity contribution in [1.29, 1.82) is 0 Å². The van der Waals surface area contributed by atoms with Crippen molar-refractivity contribution >= 4 is 5.69 Å². The van der Waals surface area contributed by atoms with Gasteiger partial charge in [-0.05, 0) is 24.1 Å². The molecule has 1 heterocycles. The van der Waals surface area contributed by atoms with Crippen LogP contribution in [0.2, 0.25) is 0 Å². The zero-order chi connectivity index (χ0) is 13.8. The predicted molar refractivity (Wildman–Crippen MR) is 81.6 cm³/mol. The molecular weight excluding hydrogens is 248 g/mol. The molecule has 3 heteroatoms. The van der Waals surface area contributed by atoms with Gasteiger partial charge in [-0.15, -0.1) is 0 Å². The minimum atomic E-state index is 0.239. The zero-order valence-corrected chi connectivity index (χ0v) is 11.5. The largest absolute Gasteiger partial charge is 0.487 e. The minimum absolute atomic E-state index is 0.239. The predicted octanol–water partition coefficient (Wildman–Crippen LogP) is 2.92. The SMILES string of the molecule is Nc1ccccc1OC1CCN(Cc2ccccc2)C1. The Hall–Kier alpha value is -2.00. The Morgan fingerprint density at radius 2 is 1.80 bits per heavy atom. The van der Waals surface area contributed by atoms with Gasteiger partial charge in [0.15, 0.2) is 0 Å². The number of nitrogens with zero attached hydrogens (tertiary/aromatic N) is 1. The van der Waals surface area contributed by atoms with Gasteiger partial charge in [-0.1, -0.05) is 42.5 Å². The van der Waals surface area contributed by atoms with Crippen molar-refractivity contribution in [1.82, 2.24) is 4.90 Å². The number of para-hydroxylation sites is 2. The smallest absolute Gasteiger partial charge is 0.142 e. The second-order valence-electron chi connectivity index (χ2n) is 5.29. The van der Waals surface area contributed by atoms with Gasteiger partial charge in [0.1, 0.15) is 11.9 Å². The van der Waals surface area contributed by atoms with Crippen LogP contribution in [0, 0.1) is 0 Å². The van der Waals surface area contributed by atoms with Gasteiger partial charge < -0.3 is 10.5 Å². The molecule has 0 aliphatic carbocycles. The first-order valence-corrected chi connectivity index (χ1v) is 7.09. The van der Waals surface area contributed by atoms with Crippen molar-refractivity contribution in [3.63, 3.8) is 0 Å². The van der Waals surface area contributed by atoms with Crippen LogP contribution in [0.3, 0.4) is 0 Å². The van der Waals surface area contributed by atoms with Crippen molar-refractivity contribution in [3.8, 4) is 5.75 Å². The molecule has 20 heavy (non-hydrogen) atoms. The molecule has 1 saturated heterocycles. The van der Waals surface area contributed by atoms with E-state index in [2.05, 4.69) is 35.2 Å². The van der Waals surface area contributed by atoms with Gasteiger partial charge in [0.25, 0.3) is 0 Å². The number of nitrogens with two attached hydrogens (primary N) is 1. The summed E-state index contributed by atoms with van der Waals surface area (Å²) < 4.78 is 6.01.